The highest BCUT2D eigenvalue weighted by atomic mass is 32.2. The van der Waals surface area contributed by atoms with Crippen LogP contribution in [-0.2, 0) is 21.1 Å². The van der Waals surface area contributed by atoms with Gasteiger partial charge in [0.25, 0.3) is 0 Å². The Morgan fingerprint density at radius 3 is 2.65 bits per heavy atom. The predicted octanol–water partition coefficient (Wildman–Crippen LogP) is 1.96. The van der Waals surface area contributed by atoms with E-state index in [4.69, 9.17) is 4.74 Å². The summed E-state index contributed by atoms with van der Waals surface area (Å²) in [5.41, 5.74) is 0.952. The van der Waals surface area contributed by atoms with E-state index in [0.717, 1.165) is 30.6 Å². The summed E-state index contributed by atoms with van der Waals surface area (Å²) in [6.07, 6.45) is 2.81. The summed E-state index contributed by atoms with van der Waals surface area (Å²) in [5.74, 6) is 1.70. The Morgan fingerprint density at radius 2 is 2.04 bits per heavy atom. The van der Waals surface area contributed by atoms with Gasteiger partial charge in [0.15, 0.2) is 9.84 Å². The summed E-state index contributed by atoms with van der Waals surface area (Å²) in [6.45, 7) is 3.16. The van der Waals surface area contributed by atoms with Gasteiger partial charge in [0.2, 0.25) is 5.91 Å². The molecule has 1 unspecified atom stereocenters. The Kier molecular flexibility index (Phi) is 6.45. The molecule has 0 spiro atoms. The van der Waals surface area contributed by atoms with Gasteiger partial charge in [0.1, 0.15) is 5.75 Å². The molecule has 1 aliphatic rings. The van der Waals surface area contributed by atoms with Gasteiger partial charge in [-0.25, -0.2) is 8.42 Å². The van der Waals surface area contributed by atoms with Gasteiger partial charge in [0, 0.05) is 6.54 Å². The summed E-state index contributed by atoms with van der Waals surface area (Å²) in [5, 5.41) is 2.90. The van der Waals surface area contributed by atoms with Crippen molar-refractivity contribution in [2.75, 3.05) is 24.7 Å². The molecule has 1 aliphatic heterocycles. The van der Waals surface area contributed by atoms with E-state index in [2.05, 4.69) is 5.32 Å². The van der Waals surface area contributed by atoms with Crippen molar-refractivity contribution in [3.8, 4) is 5.75 Å². The van der Waals surface area contributed by atoms with Gasteiger partial charge in [0.05, 0.1) is 24.5 Å². The monoisotopic (exact) mass is 339 g/mol. The second kappa shape index (κ2) is 8.34. The SMILES string of the molecule is CCOc1ccc(CC(=O)NCCCC2CCS(=O)(=O)C2)cc1. The van der Waals surface area contributed by atoms with Gasteiger partial charge in [-0.2, -0.15) is 0 Å². The highest BCUT2D eigenvalue weighted by Gasteiger charge is 2.27. The molecular formula is C17H25NO4S. The fourth-order valence-corrected chi connectivity index (χ4v) is 4.75. The predicted molar refractivity (Wildman–Crippen MR) is 90.3 cm³/mol. The Labute approximate surface area is 138 Å². The van der Waals surface area contributed by atoms with Crippen LogP contribution in [0.2, 0.25) is 0 Å². The fourth-order valence-electron chi connectivity index (χ4n) is 2.84. The van der Waals surface area contributed by atoms with Gasteiger partial charge >= 0.3 is 0 Å². The van der Waals surface area contributed by atoms with Crippen LogP contribution in [0.3, 0.4) is 0 Å². The van der Waals surface area contributed by atoms with Gasteiger partial charge < -0.3 is 10.1 Å². The molecule has 2 rings (SSSR count). The maximum absolute atomic E-state index is 11.9. The number of nitrogens with one attached hydrogen (secondary N) is 1. The Morgan fingerprint density at radius 1 is 1.30 bits per heavy atom. The van der Waals surface area contributed by atoms with Crippen molar-refractivity contribution in [1.29, 1.82) is 0 Å². The van der Waals surface area contributed by atoms with Crippen LogP contribution in [0.4, 0.5) is 0 Å². The number of carbonyl (C=O) groups is 1. The first-order valence-corrected chi connectivity index (χ1v) is 9.99. The lowest BCUT2D eigenvalue weighted by Gasteiger charge is -2.09. The van der Waals surface area contributed by atoms with Crippen LogP contribution in [0.1, 0.15) is 31.7 Å². The zero-order valence-electron chi connectivity index (χ0n) is 13.6. The van der Waals surface area contributed by atoms with Gasteiger partial charge in [-0.05, 0) is 49.8 Å². The van der Waals surface area contributed by atoms with E-state index in [-0.39, 0.29) is 11.8 Å². The number of hydrogen-bond acceptors (Lipinski definition) is 4. The van der Waals surface area contributed by atoms with Crippen LogP contribution in [0, 0.1) is 5.92 Å². The molecule has 5 nitrogen and oxygen atoms in total. The van der Waals surface area contributed by atoms with Crippen LogP contribution in [0.15, 0.2) is 24.3 Å². The topological polar surface area (TPSA) is 72.5 Å². The smallest absolute Gasteiger partial charge is 0.224 e. The molecule has 1 atom stereocenters. The first kappa shape index (κ1) is 17.8. The van der Waals surface area contributed by atoms with E-state index in [9.17, 15) is 13.2 Å². The fraction of sp³-hybridized carbons (Fsp3) is 0.588. The minimum absolute atomic E-state index is 0.00629. The Hall–Kier alpha value is -1.56. The van der Waals surface area contributed by atoms with Crippen LogP contribution in [0.25, 0.3) is 0 Å². The van der Waals surface area contributed by atoms with Crippen molar-refractivity contribution in [1.82, 2.24) is 5.32 Å². The van der Waals surface area contributed by atoms with Crippen molar-refractivity contribution in [2.45, 2.75) is 32.6 Å². The van der Waals surface area contributed by atoms with Crippen LogP contribution in [-0.4, -0.2) is 39.0 Å². The number of rotatable bonds is 8. The molecule has 0 aliphatic carbocycles. The molecule has 1 heterocycles. The van der Waals surface area contributed by atoms with E-state index in [0.29, 0.717) is 31.1 Å². The van der Waals surface area contributed by atoms with Crippen LogP contribution in [0.5, 0.6) is 5.75 Å². The zero-order valence-corrected chi connectivity index (χ0v) is 14.4. The third-order valence-electron chi connectivity index (χ3n) is 4.04. The largest absolute Gasteiger partial charge is 0.494 e. The van der Waals surface area contributed by atoms with Crippen molar-refractivity contribution < 1.29 is 17.9 Å². The minimum atomic E-state index is -2.80. The summed E-state index contributed by atoms with van der Waals surface area (Å²) < 4.78 is 28.1. The average molecular weight is 339 g/mol. The average Bonchev–Trinajstić information content (AvgIpc) is 2.85. The molecule has 1 aromatic carbocycles. The molecule has 1 saturated heterocycles. The number of ether oxygens (including phenoxy) is 1. The molecule has 128 valence electrons. The Balaban J connectivity index is 1.63. The molecule has 0 bridgehead atoms. The maximum atomic E-state index is 11.9. The second-order valence-electron chi connectivity index (χ2n) is 6.01. The van der Waals surface area contributed by atoms with Gasteiger partial charge in [-0.15, -0.1) is 0 Å². The molecule has 1 N–H and O–H groups in total. The number of sulfone groups is 1. The van der Waals surface area contributed by atoms with E-state index in [1.54, 1.807) is 0 Å². The molecular weight excluding hydrogens is 314 g/mol. The molecule has 0 aromatic heterocycles. The van der Waals surface area contributed by atoms with E-state index in [1.165, 1.54) is 0 Å². The minimum Gasteiger partial charge on any atom is -0.494 e. The summed E-state index contributed by atoms with van der Waals surface area (Å²) in [4.78, 5) is 11.9. The lowest BCUT2D eigenvalue weighted by atomic mass is 10.0. The van der Waals surface area contributed by atoms with Crippen molar-refractivity contribution >= 4 is 15.7 Å². The molecule has 6 heteroatoms. The number of hydrogen-bond donors (Lipinski definition) is 1. The molecule has 23 heavy (non-hydrogen) atoms. The number of benzene rings is 1. The molecule has 0 radical (unpaired) electrons. The highest BCUT2D eigenvalue weighted by Crippen LogP contribution is 2.22. The normalized spacial score (nSPS) is 19.4. The summed E-state index contributed by atoms with van der Waals surface area (Å²) >= 11 is 0. The third-order valence-corrected chi connectivity index (χ3v) is 5.87. The van der Waals surface area contributed by atoms with E-state index >= 15 is 0 Å². The number of amides is 1. The van der Waals surface area contributed by atoms with Gasteiger partial charge in [-0.1, -0.05) is 12.1 Å². The first-order chi connectivity index (χ1) is 11.0. The molecule has 1 aromatic rings. The van der Waals surface area contributed by atoms with Crippen LogP contribution < -0.4 is 10.1 Å². The van der Waals surface area contributed by atoms with Crippen molar-refractivity contribution in [3.05, 3.63) is 29.8 Å². The lowest BCUT2D eigenvalue weighted by Crippen LogP contribution is -2.26. The quantitative estimate of drug-likeness (QED) is 0.735. The van der Waals surface area contributed by atoms with E-state index < -0.39 is 9.84 Å². The summed E-state index contributed by atoms with van der Waals surface area (Å²) in [6, 6.07) is 7.53. The first-order valence-electron chi connectivity index (χ1n) is 8.17. The van der Waals surface area contributed by atoms with Crippen LogP contribution >= 0.6 is 0 Å². The summed E-state index contributed by atoms with van der Waals surface area (Å²) in [7, 11) is -2.80. The highest BCUT2D eigenvalue weighted by molar-refractivity contribution is 7.91. The second-order valence-corrected chi connectivity index (χ2v) is 8.24. The lowest BCUT2D eigenvalue weighted by molar-refractivity contribution is -0.120. The number of carbonyl (C=O) groups excluding carboxylic acids is 1. The zero-order chi connectivity index (χ0) is 16.7. The molecule has 1 fully saturated rings. The molecule has 1 amide bonds. The van der Waals surface area contributed by atoms with Gasteiger partial charge in [-0.3, -0.25) is 4.79 Å². The van der Waals surface area contributed by atoms with E-state index in [1.807, 2.05) is 31.2 Å². The maximum Gasteiger partial charge on any atom is 0.224 e. The van der Waals surface area contributed by atoms with Crippen molar-refractivity contribution in [3.63, 3.8) is 0 Å². The van der Waals surface area contributed by atoms with Crippen molar-refractivity contribution in [2.24, 2.45) is 5.92 Å². The third kappa shape index (κ3) is 6.22. The molecule has 0 saturated carbocycles. The standard InChI is InChI=1S/C17H25NO4S/c1-2-22-16-7-5-14(6-8-16)12-17(19)18-10-3-4-15-9-11-23(20,21)13-15/h5-8,15H,2-4,9-13H2,1H3,(H,18,19). The Bertz CT molecular complexity index is 610.